The topological polar surface area (TPSA) is 63.1 Å². The summed E-state index contributed by atoms with van der Waals surface area (Å²) in [5.41, 5.74) is 1.01. The minimum atomic E-state index is -0.966. The van der Waals surface area contributed by atoms with Crippen LogP contribution in [-0.4, -0.2) is 21.0 Å². The van der Waals surface area contributed by atoms with E-state index in [0.717, 1.165) is 10.0 Å². The number of aromatic nitrogens is 2. The van der Waals surface area contributed by atoms with Crippen LogP contribution in [0.2, 0.25) is 0 Å². The van der Waals surface area contributed by atoms with Gasteiger partial charge in [0.1, 0.15) is 5.03 Å². The predicted octanol–water partition coefficient (Wildman–Crippen LogP) is 2.70. The predicted molar refractivity (Wildman–Crippen MR) is 62.2 cm³/mol. The Morgan fingerprint density at radius 1 is 1.50 bits per heavy atom. The van der Waals surface area contributed by atoms with E-state index in [-0.39, 0.29) is 5.56 Å². The van der Waals surface area contributed by atoms with Crippen molar-refractivity contribution in [1.29, 1.82) is 0 Å². The van der Waals surface area contributed by atoms with Gasteiger partial charge in [-0.15, -0.1) is 11.3 Å². The highest BCUT2D eigenvalue weighted by Crippen LogP contribution is 2.30. The number of rotatable bonds is 3. The van der Waals surface area contributed by atoms with Gasteiger partial charge in [0.2, 0.25) is 0 Å². The summed E-state index contributed by atoms with van der Waals surface area (Å²) >= 11 is 2.74. The molecule has 0 saturated heterocycles. The molecule has 0 aliphatic rings. The van der Waals surface area contributed by atoms with Gasteiger partial charge in [-0.3, -0.25) is 0 Å². The van der Waals surface area contributed by atoms with E-state index >= 15 is 0 Å². The molecule has 0 amide bonds. The van der Waals surface area contributed by atoms with Crippen molar-refractivity contribution >= 4 is 29.1 Å². The summed E-state index contributed by atoms with van der Waals surface area (Å²) in [6.45, 7) is 1.83. The lowest BCUT2D eigenvalue weighted by molar-refractivity contribution is 0.0692. The zero-order chi connectivity index (χ0) is 11.5. The molecule has 0 spiro atoms. The Bertz CT molecular complexity index is 512. The smallest absolute Gasteiger partial charge is 0.338 e. The molecular formula is C10H8N2O2S2. The zero-order valence-electron chi connectivity index (χ0n) is 8.38. The average Bonchev–Trinajstić information content (AvgIpc) is 2.70. The number of carboxylic acids is 1. The lowest BCUT2D eigenvalue weighted by Gasteiger charge is -2.03. The van der Waals surface area contributed by atoms with Crippen LogP contribution in [0.15, 0.2) is 33.1 Å². The lowest BCUT2D eigenvalue weighted by Crippen LogP contribution is -2.01. The number of thiazole rings is 1. The number of pyridine rings is 1. The molecule has 82 valence electrons. The second-order valence-corrected chi connectivity index (χ2v) is 5.14. The summed E-state index contributed by atoms with van der Waals surface area (Å²) in [5, 5.41) is 11.3. The van der Waals surface area contributed by atoms with Gasteiger partial charge in [0.15, 0.2) is 4.34 Å². The third-order valence-electron chi connectivity index (χ3n) is 1.82. The van der Waals surface area contributed by atoms with Gasteiger partial charge >= 0.3 is 5.97 Å². The third-order valence-corrected chi connectivity index (χ3v) is 3.71. The number of carboxylic acid groups (broad SMARTS) is 1. The molecule has 0 unspecified atom stereocenters. The van der Waals surface area contributed by atoms with E-state index in [2.05, 4.69) is 9.97 Å². The molecule has 6 heteroatoms. The molecule has 0 fully saturated rings. The van der Waals surface area contributed by atoms with Crippen LogP contribution in [0.1, 0.15) is 16.1 Å². The van der Waals surface area contributed by atoms with Crippen molar-refractivity contribution in [1.82, 2.24) is 9.97 Å². The quantitative estimate of drug-likeness (QED) is 0.910. The van der Waals surface area contributed by atoms with Gasteiger partial charge in [0.25, 0.3) is 0 Å². The fourth-order valence-electron chi connectivity index (χ4n) is 1.12. The summed E-state index contributed by atoms with van der Waals surface area (Å²) in [6.07, 6.45) is 1.68. The third kappa shape index (κ3) is 2.40. The van der Waals surface area contributed by atoms with E-state index < -0.39 is 5.97 Å². The molecule has 4 nitrogen and oxygen atoms in total. The number of hydrogen-bond acceptors (Lipinski definition) is 5. The van der Waals surface area contributed by atoms with Crippen molar-refractivity contribution < 1.29 is 9.90 Å². The number of aromatic carboxylic acids is 1. The average molecular weight is 252 g/mol. The van der Waals surface area contributed by atoms with Crippen molar-refractivity contribution in [2.45, 2.75) is 16.3 Å². The van der Waals surface area contributed by atoms with E-state index in [1.807, 2.05) is 12.3 Å². The molecular weight excluding hydrogens is 244 g/mol. The highest BCUT2D eigenvalue weighted by atomic mass is 32.2. The first kappa shape index (κ1) is 11.1. The molecule has 0 bridgehead atoms. The highest BCUT2D eigenvalue weighted by Gasteiger charge is 2.13. The maximum atomic E-state index is 11.0. The minimum absolute atomic E-state index is 0.214. The van der Waals surface area contributed by atoms with Crippen LogP contribution >= 0.6 is 23.1 Å². The second kappa shape index (κ2) is 4.63. The van der Waals surface area contributed by atoms with Crippen molar-refractivity contribution in [2.24, 2.45) is 0 Å². The molecule has 2 aromatic rings. The first-order chi connectivity index (χ1) is 7.66. The van der Waals surface area contributed by atoms with Crippen LogP contribution < -0.4 is 0 Å². The zero-order valence-corrected chi connectivity index (χ0v) is 10.0. The Hall–Kier alpha value is -1.40. The summed E-state index contributed by atoms with van der Waals surface area (Å²) in [5.74, 6) is -0.966. The minimum Gasteiger partial charge on any atom is -0.478 e. The maximum Gasteiger partial charge on any atom is 0.338 e. The van der Waals surface area contributed by atoms with Gasteiger partial charge in [0.05, 0.1) is 5.56 Å². The normalized spacial score (nSPS) is 10.3. The van der Waals surface area contributed by atoms with Crippen molar-refractivity contribution in [3.05, 3.63) is 35.0 Å². The summed E-state index contributed by atoms with van der Waals surface area (Å²) in [4.78, 5) is 19.3. The molecule has 0 aliphatic heterocycles. The number of hydrogen-bond donors (Lipinski definition) is 1. The van der Waals surface area contributed by atoms with Gasteiger partial charge in [-0.25, -0.2) is 14.8 Å². The van der Waals surface area contributed by atoms with E-state index in [1.165, 1.54) is 23.1 Å². The molecule has 16 heavy (non-hydrogen) atoms. The van der Waals surface area contributed by atoms with Gasteiger partial charge in [-0.05, 0) is 30.8 Å². The van der Waals surface area contributed by atoms with Crippen molar-refractivity contribution in [3.63, 3.8) is 0 Å². The number of aryl methyl sites for hydroxylation is 1. The number of nitrogens with zero attached hydrogens (tertiary/aromatic N) is 2. The van der Waals surface area contributed by atoms with Crippen molar-refractivity contribution in [2.75, 3.05) is 0 Å². The largest absolute Gasteiger partial charge is 0.478 e. The molecule has 0 radical (unpaired) electrons. The fourth-order valence-corrected chi connectivity index (χ4v) is 2.81. The van der Waals surface area contributed by atoms with Crippen LogP contribution in [0.4, 0.5) is 0 Å². The fraction of sp³-hybridized carbons (Fsp3) is 0.100. The molecule has 2 rings (SSSR count). The maximum absolute atomic E-state index is 11.0. The summed E-state index contributed by atoms with van der Waals surface area (Å²) in [7, 11) is 0. The SMILES string of the molecule is Cc1ccc(C(=O)O)c(Sc2nccs2)n1. The van der Waals surface area contributed by atoms with E-state index in [9.17, 15) is 4.79 Å². The second-order valence-electron chi connectivity index (χ2n) is 3.01. The first-order valence-electron chi connectivity index (χ1n) is 4.45. The van der Waals surface area contributed by atoms with Crippen LogP contribution in [0.25, 0.3) is 0 Å². The van der Waals surface area contributed by atoms with Gasteiger partial charge in [-0.1, -0.05) is 0 Å². The van der Waals surface area contributed by atoms with Gasteiger partial charge in [0, 0.05) is 17.3 Å². The molecule has 2 aromatic heterocycles. The summed E-state index contributed by atoms with van der Waals surface area (Å²) in [6, 6.07) is 3.26. The molecule has 0 atom stereocenters. The molecule has 2 heterocycles. The van der Waals surface area contributed by atoms with E-state index in [1.54, 1.807) is 18.3 Å². The van der Waals surface area contributed by atoms with Gasteiger partial charge < -0.3 is 5.11 Å². The standard InChI is InChI=1S/C10H8N2O2S2/c1-6-2-3-7(9(13)14)8(12-6)16-10-11-4-5-15-10/h2-5H,1H3,(H,13,14). The molecule has 0 aliphatic carbocycles. The monoisotopic (exact) mass is 252 g/mol. The first-order valence-corrected chi connectivity index (χ1v) is 6.14. The van der Waals surface area contributed by atoms with Crippen LogP contribution in [0, 0.1) is 6.92 Å². The highest BCUT2D eigenvalue weighted by molar-refractivity contribution is 8.01. The Kier molecular flexibility index (Phi) is 3.21. The Labute approximate surface area is 100 Å². The Balaban J connectivity index is 2.38. The lowest BCUT2D eigenvalue weighted by atomic mass is 10.2. The van der Waals surface area contributed by atoms with E-state index in [0.29, 0.717) is 5.03 Å². The number of carbonyl (C=O) groups is 1. The Morgan fingerprint density at radius 2 is 2.31 bits per heavy atom. The van der Waals surface area contributed by atoms with Gasteiger partial charge in [-0.2, -0.15) is 0 Å². The van der Waals surface area contributed by atoms with Crippen LogP contribution in [-0.2, 0) is 0 Å². The van der Waals surface area contributed by atoms with Crippen LogP contribution in [0.3, 0.4) is 0 Å². The molecule has 1 N–H and O–H groups in total. The van der Waals surface area contributed by atoms with Crippen LogP contribution in [0.5, 0.6) is 0 Å². The molecule has 0 saturated carbocycles. The molecule has 0 aromatic carbocycles. The summed E-state index contributed by atoms with van der Waals surface area (Å²) < 4.78 is 0.792. The van der Waals surface area contributed by atoms with Crippen molar-refractivity contribution in [3.8, 4) is 0 Å². The Morgan fingerprint density at radius 3 is 2.94 bits per heavy atom. The van der Waals surface area contributed by atoms with E-state index in [4.69, 9.17) is 5.11 Å².